The van der Waals surface area contributed by atoms with Gasteiger partial charge in [0.1, 0.15) is 0 Å². The molecule has 0 aliphatic heterocycles. The van der Waals surface area contributed by atoms with Crippen LogP contribution in [-0.4, -0.2) is 11.6 Å². The van der Waals surface area contributed by atoms with Crippen molar-refractivity contribution < 1.29 is 4.74 Å². The number of halogens is 1. The molecule has 0 radical (unpaired) electrons. The van der Waals surface area contributed by atoms with Crippen molar-refractivity contribution in [1.82, 2.24) is 4.98 Å². The molecule has 0 atom stereocenters. The molecule has 76 valence electrons. The largest absolute Gasteiger partial charge is 0.477 e. The predicted octanol–water partition coefficient (Wildman–Crippen LogP) is 3.27. The van der Waals surface area contributed by atoms with Crippen LogP contribution in [0.15, 0.2) is 22.8 Å². The van der Waals surface area contributed by atoms with E-state index in [-0.39, 0.29) is 0 Å². The first kappa shape index (κ1) is 9.97. The minimum Gasteiger partial charge on any atom is -0.477 e. The molecule has 1 heterocycles. The number of nitrogens with zero attached hydrogens (tertiary/aromatic N) is 1. The first-order chi connectivity index (χ1) is 6.75. The van der Waals surface area contributed by atoms with Crippen molar-refractivity contribution in [2.24, 2.45) is 11.8 Å². The van der Waals surface area contributed by atoms with Crippen LogP contribution in [0.4, 0.5) is 0 Å². The van der Waals surface area contributed by atoms with Gasteiger partial charge in [0.2, 0.25) is 5.88 Å². The summed E-state index contributed by atoms with van der Waals surface area (Å²) < 4.78 is 6.57. The van der Waals surface area contributed by atoms with E-state index in [1.807, 2.05) is 12.1 Å². The fourth-order valence-electron chi connectivity index (χ4n) is 1.88. The lowest BCUT2D eigenvalue weighted by Crippen LogP contribution is -2.26. The summed E-state index contributed by atoms with van der Waals surface area (Å²) in [5.74, 6) is 2.33. The van der Waals surface area contributed by atoms with E-state index in [9.17, 15) is 0 Å². The summed E-state index contributed by atoms with van der Waals surface area (Å²) in [4.78, 5) is 4.16. The molecule has 0 amide bonds. The number of hydrogen-bond donors (Lipinski definition) is 0. The van der Waals surface area contributed by atoms with E-state index < -0.39 is 0 Å². The van der Waals surface area contributed by atoms with Gasteiger partial charge in [0.15, 0.2) is 0 Å². The summed E-state index contributed by atoms with van der Waals surface area (Å²) >= 11 is 3.41. The molecule has 0 N–H and O–H groups in total. The van der Waals surface area contributed by atoms with Crippen molar-refractivity contribution in [1.29, 1.82) is 0 Å². The predicted molar refractivity (Wildman–Crippen MR) is 59.3 cm³/mol. The van der Waals surface area contributed by atoms with Crippen LogP contribution in [0, 0.1) is 11.8 Å². The summed E-state index contributed by atoms with van der Waals surface area (Å²) in [5, 5.41) is 0. The van der Waals surface area contributed by atoms with Crippen molar-refractivity contribution in [2.45, 2.75) is 19.8 Å². The SMILES string of the molecule is CC1CC(COc2ncccc2Br)C1. The van der Waals surface area contributed by atoms with E-state index in [1.54, 1.807) is 6.20 Å². The molecule has 1 fully saturated rings. The van der Waals surface area contributed by atoms with Crippen molar-refractivity contribution >= 4 is 15.9 Å². The standard InChI is InChI=1S/C11H14BrNO/c1-8-5-9(6-8)7-14-11-10(12)3-2-4-13-11/h2-4,8-9H,5-7H2,1H3. The molecular formula is C11H14BrNO. The lowest BCUT2D eigenvalue weighted by molar-refractivity contribution is 0.127. The molecular weight excluding hydrogens is 242 g/mol. The van der Waals surface area contributed by atoms with Gasteiger partial charge in [-0.2, -0.15) is 0 Å². The molecule has 0 aromatic carbocycles. The highest BCUT2D eigenvalue weighted by molar-refractivity contribution is 9.10. The lowest BCUT2D eigenvalue weighted by atomic mass is 9.77. The van der Waals surface area contributed by atoms with Crippen molar-refractivity contribution in [2.75, 3.05) is 6.61 Å². The third-order valence-corrected chi connectivity index (χ3v) is 3.26. The van der Waals surface area contributed by atoms with Gasteiger partial charge >= 0.3 is 0 Å². The fraction of sp³-hybridized carbons (Fsp3) is 0.545. The van der Waals surface area contributed by atoms with Crippen LogP contribution in [0.1, 0.15) is 19.8 Å². The molecule has 1 aliphatic carbocycles. The molecule has 14 heavy (non-hydrogen) atoms. The molecule has 1 aromatic rings. The number of aromatic nitrogens is 1. The highest BCUT2D eigenvalue weighted by Crippen LogP contribution is 2.33. The molecule has 1 aromatic heterocycles. The molecule has 2 nitrogen and oxygen atoms in total. The number of ether oxygens (including phenoxy) is 1. The molecule has 1 aliphatic rings. The molecule has 0 unspecified atom stereocenters. The summed E-state index contributed by atoms with van der Waals surface area (Å²) in [6, 6.07) is 3.84. The van der Waals surface area contributed by atoms with Crippen molar-refractivity contribution in [3.05, 3.63) is 22.8 Å². The van der Waals surface area contributed by atoms with Gasteiger partial charge in [-0.1, -0.05) is 6.92 Å². The van der Waals surface area contributed by atoms with Gasteiger partial charge < -0.3 is 4.74 Å². The Labute approximate surface area is 92.8 Å². The maximum Gasteiger partial charge on any atom is 0.227 e. The van der Waals surface area contributed by atoms with Crippen LogP contribution in [0.3, 0.4) is 0 Å². The average Bonchev–Trinajstić information content (AvgIpc) is 2.13. The topological polar surface area (TPSA) is 22.1 Å². The van der Waals surface area contributed by atoms with Gasteiger partial charge in [-0.15, -0.1) is 0 Å². The fourth-order valence-corrected chi connectivity index (χ4v) is 2.25. The van der Waals surface area contributed by atoms with Crippen LogP contribution in [0.25, 0.3) is 0 Å². The molecule has 0 saturated heterocycles. The monoisotopic (exact) mass is 255 g/mol. The number of hydrogen-bond acceptors (Lipinski definition) is 2. The minimum absolute atomic E-state index is 0.715. The normalized spacial score (nSPS) is 25.6. The van der Waals surface area contributed by atoms with E-state index in [2.05, 4.69) is 27.8 Å². The third-order valence-electron chi connectivity index (χ3n) is 2.65. The number of rotatable bonds is 3. The van der Waals surface area contributed by atoms with Crippen molar-refractivity contribution in [3.8, 4) is 5.88 Å². The first-order valence-corrected chi connectivity index (χ1v) is 5.78. The van der Waals surface area contributed by atoms with Crippen LogP contribution in [0.5, 0.6) is 5.88 Å². The Morgan fingerprint density at radius 1 is 1.57 bits per heavy atom. The van der Waals surface area contributed by atoms with E-state index in [4.69, 9.17) is 4.74 Å². The summed E-state index contributed by atoms with van der Waals surface area (Å²) in [6.07, 6.45) is 4.35. The highest BCUT2D eigenvalue weighted by Gasteiger charge is 2.25. The Bertz CT molecular complexity index is 310. The van der Waals surface area contributed by atoms with E-state index >= 15 is 0 Å². The second kappa shape index (κ2) is 4.30. The molecule has 0 spiro atoms. The van der Waals surface area contributed by atoms with Crippen LogP contribution in [0.2, 0.25) is 0 Å². The van der Waals surface area contributed by atoms with Gasteiger partial charge in [-0.3, -0.25) is 0 Å². The summed E-state index contributed by atoms with van der Waals surface area (Å²) in [5.41, 5.74) is 0. The second-order valence-electron chi connectivity index (χ2n) is 4.04. The molecule has 2 rings (SSSR count). The van der Waals surface area contributed by atoms with Gasteiger partial charge in [-0.05, 0) is 52.7 Å². The van der Waals surface area contributed by atoms with Crippen LogP contribution >= 0.6 is 15.9 Å². The van der Waals surface area contributed by atoms with Gasteiger partial charge in [-0.25, -0.2) is 4.98 Å². The highest BCUT2D eigenvalue weighted by atomic mass is 79.9. The Morgan fingerprint density at radius 3 is 3.00 bits per heavy atom. The van der Waals surface area contributed by atoms with E-state index in [1.165, 1.54) is 12.8 Å². The Kier molecular flexibility index (Phi) is 3.06. The Hall–Kier alpha value is -0.570. The minimum atomic E-state index is 0.715. The summed E-state index contributed by atoms with van der Waals surface area (Å²) in [7, 11) is 0. The number of pyridine rings is 1. The van der Waals surface area contributed by atoms with E-state index in [0.29, 0.717) is 5.88 Å². The average molecular weight is 256 g/mol. The zero-order chi connectivity index (χ0) is 9.97. The van der Waals surface area contributed by atoms with Gasteiger partial charge in [0, 0.05) is 6.20 Å². The molecule has 0 bridgehead atoms. The quantitative estimate of drug-likeness (QED) is 0.828. The van der Waals surface area contributed by atoms with Crippen molar-refractivity contribution in [3.63, 3.8) is 0 Å². The smallest absolute Gasteiger partial charge is 0.227 e. The van der Waals surface area contributed by atoms with Crippen LogP contribution < -0.4 is 4.74 Å². The zero-order valence-electron chi connectivity index (χ0n) is 8.24. The van der Waals surface area contributed by atoms with Gasteiger partial charge in [0.05, 0.1) is 11.1 Å². The lowest BCUT2D eigenvalue weighted by Gasteiger charge is -2.32. The third kappa shape index (κ3) is 2.27. The van der Waals surface area contributed by atoms with Crippen LogP contribution in [-0.2, 0) is 0 Å². The Morgan fingerprint density at radius 2 is 2.36 bits per heavy atom. The maximum absolute atomic E-state index is 5.63. The second-order valence-corrected chi connectivity index (χ2v) is 4.90. The van der Waals surface area contributed by atoms with Gasteiger partial charge in [0.25, 0.3) is 0 Å². The summed E-state index contributed by atoms with van der Waals surface area (Å²) in [6.45, 7) is 3.09. The maximum atomic E-state index is 5.63. The molecule has 3 heteroatoms. The molecule has 1 saturated carbocycles. The Balaban J connectivity index is 1.83. The van der Waals surface area contributed by atoms with E-state index in [0.717, 1.165) is 22.9 Å². The first-order valence-electron chi connectivity index (χ1n) is 4.99. The zero-order valence-corrected chi connectivity index (χ0v) is 9.83.